The first-order valence-corrected chi connectivity index (χ1v) is 7.08. The highest BCUT2D eigenvalue weighted by Crippen LogP contribution is 2.35. The van der Waals surface area contributed by atoms with Gasteiger partial charge in [0, 0.05) is 12.0 Å². The topological polar surface area (TPSA) is 67.8 Å². The van der Waals surface area contributed by atoms with E-state index in [1.54, 1.807) is 7.11 Å². The molecule has 0 saturated heterocycles. The van der Waals surface area contributed by atoms with E-state index in [9.17, 15) is 4.79 Å². The average Bonchev–Trinajstić information content (AvgIpc) is 2.54. The van der Waals surface area contributed by atoms with E-state index in [1.807, 2.05) is 42.5 Å². The van der Waals surface area contributed by atoms with E-state index in [0.717, 1.165) is 28.2 Å². The summed E-state index contributed by atoms with van der Waals surface area (Å²) in [7, 11) is 1.64. The van der Waals surface area contributed by atoms with Crippen molar-refractivity contribution in [2.75, 3.05) is 13.7 Å². The zero-order valence-electron chi connectivity index (χ0n) is 12.2. The molecular formula is C17H17NO4. The molecule has 0 fully saturated rings. The van der Waals surface area contributed by atoms with Crippen LogP contribution in [0.5, 0.6) is 11.5 Å². The van der Waals surface area contributed by atoms with Crippen molar-refractivity contribution >= 4 is 6.09 Å². The molecule has 0 saturated carbocycles. The number of carbonyl (C=O) groups is 1. The number of amides is 1. The highest BCUT2D eigenvalue weighted by molar-refractivity contribution is 5.69. The second-order valence-corrected chi connectivity index (χ2v) is 5.12. The SMILES string of the molecule is COc1ccc(-c2ccc3c(c2)OCCC3NC(=O)O)cc1. The zero-order valence-corrected chi connectivity index (χ0v) is 12.2. The Bertz CT molecular complexity index is 682. The van der Waals surface area contributed by atoms with E-state index in [1.165, 1.54) is 0 Å². The monoisotopic (exact) mass is 299 g/mol. The molecule has 1 unspecified atom stereocenters. The van der Waals surface area contributed by atoms with Gasteiger partial charge in [-0.2, -0.15) is 0 Å². The van der Waals surface area contributed by atoms with Crippen molar-refractivity contribution in [3.8, 4) is 22.6 Å². The minimum atomic E-state index is -1.02. The first-order chi connectivity index (χ1) is 10.7. The van der Waals surface area contributed by atoms with Crippen molar-refractivity contribution in [2.45, 2.75) is 12.5 Å². The summed E-state index contributed by atoms with van der Waals surface area (Å²) >= 11 is 0. The summed E-state index contributed by atoms with van der Waals surface area (Å²) in [6.07, 6.45) is -0.377. The smallest absolute Gasteiger partial charge is 0.405 e. The Labute approximate surface area is 128 Å². The molecule has 1 amide bonds. The summed E-state index contributed by atoms with van der Waals surface area (Å²) in [5, 5.41) is 11.4. The number of rotatable bonds is 3. The molecule has 0 aliphatic carbocycles. The molecule has 0 aromatic heterocycles. The molecule has 0 radical (unpaired) electrons. The molecule has 1 aliphatic rings. The van der Waals surface area contributed by atoms with Gasteiger partial charge < -0.3 is 19.9 Å². The van der Waals surface area contributed by atoms with Crippen LogP contribution in [0.2, 0.25) is 0 Å². The van der Waals surface area contributed by atoms with Gasteiger partial charge in [0.2, 0.25) is 0 Å². The van der Waals surface area contributed by atoms with Crippen LogP contribution in [0.3, 0.4) is 0 Å². The van der Waals surface area contributed by atoms with Gasteiger partial charge in [-0.1, -0.05) is 24.3 Å². The van der Waals surface area contributed by atoms with Crippen molar-refractivity contribution in [1.82, 2.24) is 5.32 Å². The van der Waals surface area contributed by atoms with E-state index in [2.05, 4.69) is 5.32 Å². The summed E-state index contributed by atoms with van der Waals surface area (Å²) in [6.45, 7) is 0.504. The van der Waals surface area contributed by atoms with Crippen molar-refractivity contribution in [2.24, 2.45) is 0 Å². The quantitative estimate of drug-likeness (QED) is 0.911. The van der Waals surface area contributed by atoms with Crippen LogP contribution in [0, 0.1) is 0 Å². The second kappa shape index (κ2) is 5.97. The van der Waals surface area contributed by atoms with Crippen molar-refractivity contribution in [3.05, 3.63) is 48.0 Å². The number of benzene rings is 2. The molecule has 2 aromatic rings. The molecule has 22 heavy (non-hydrogen) atoms. The fraction of sp³-hybridized carbons (Fsp3) is 0.235. The van der Waals surface area contributed by atoms with Crippen molar-refractivity contribution in [3.63, 3.8) is 0 Å². The Morgan fingerprint density at radius 1 is 1.23 bits per heavy atom. The van der Waals surface area contributed by atoms with Crippen LogP contribution in [0.15, 0.2) is 42.5 Å². The number of carboxylic acid groups (broad SMARTS) is 1. The first kappa shape index (κ1) is 14.3. The molecule has 114 valence electrons. The number of methoxy groups -OCH3 is 1. The summed E-state index contributed by atoms with van der Waals surface area (Å²) in [5.41, 5.74) is 2.96. The Kier molecular flexibility index (Phi) is 3.87. The predicted octanol–water partition coefficient (Wildman–Crippen LogP) is 3.45. The number of fused-ring (bicyclic) bond motifs is 1. The highest BCUT2D eigenvalue weighted by Gasteiger charge is 2.23. The number of hydrogen-bond donors (Lipinski definition) is 2. The third kappa shape index (κ3) is 2.83. The molecule has 0 bridgehead atoms. The van der Waals surface area contributed by atoms with Gasteiger partial charge in [-0.15, -0.1) is 0 Å². The van der Waals surface area contributed by atoms with E-state index in [4.69, 9.17) is 14.6 Å². The van der Waals surface area contributed by atoms with Crippen LogP contribution >= 0.6 is 0 Å². The van der Waals surface area contributed by atoms with Crippen molar-refractivity contribution < 1.29 is 19.4 Å². The van der Waals surface area contributed by atoms with E-state index in [-0.39, 0.29) is 6.04 Å². The molecule has 3 rings (SSSR count). The van der Waals surface area contributed by atoms with E-state index in [0.29, 0.717) is 13.0 Å². The lowest BCUT2D eigenvalue weighted by molar-refractivity contribution is 0.182. The van der Waals surface area contributed by atoms with Gasteiger partial charge in [0.1, 0.15) is 11.5 Å². The lowest BCUT2D eigenvalue weighted by atomic mass is 9.96. The van der Waals surface area contributed by atoms with E-state index < -0.39 is 6.09 Å². The molecule has 5 heteroatoms. The Morgan fingerprint density at radius 3 is 2.64 bits per heavy atom. The summed E-state index contributed by atoms with van der Waals surface area (Å²) in [4.78, 5) is 10.9. The zero-order chi connectivity index (χ0) is 15.5. The standard InChI is InChI=1S/C17H17NO4/c1-21-13-5-2-11(3-6-13)12-4-7-14-15(18-17(19)20)8-9-22-16(14)10-12/h2-7,10,15,18H,8-9H2,1H3,(H,19,20). The molecular weight excluding hydrogens is 282 g/mol. The average molecular weight is 299 g/mol. The molecule has 2 N–H and O–H groups in total. The van der Waals surface area contributed by atoms with Gasteiger partial charge in [0.15, 0.2) is 0 Å². The van der Waals surface area contributed by atoms with Gasteiger partial charge >= 0.3 is 6.09 Å². The first-order valence-electron chi connectivity index (χ1n) is 7.08. The number of ether oxygens (including phenoxy) is 2. The normalized spacial score (nSPS) is 16.3. The molecule has 2 aromatic carbocycles. The third-order valence-corrected chi connectivity index (χ3v) is 3.77. The largest absolute Gasteiger partial charge is 0.497 e. The van der Waals surface area contributed by atoms with Gasteiger partial charge in [-0.3, -0.25) is 0 Å². The van der Waals surface area contributed by atoms with Gasteiger partial charge in [0.05, 0.1) is 19.8 Å². The Hall–Kier alpha value is -2.69. The second-order valence-electron chi connectivity index (χ2n) is 5.12. The third-order valence-electron chi connectivity index (χ3n) is 3.77. The maximum absolute atomic E-state index is 10.9. The molecule has 1 heterocycles. The Morgan fingerprint density at radius 2 is 1.95 bits per heavy atom. The molecule has 5 nitrogen and oxygen atoms in total. The Balaban J connectivity index is 1.91. The highest BCUT2D eigenvalue weighted by atomic mass is 16.5. The van der Waals surface area contributed by atoms with Crippen molar-refractivity contribution in [1.29, 1.82) is 0 Å². The maximum Gasteiger partial charge on any atom is 0.405 e. The maximum atomic E-state index is 10.9. The fourth-order valence-electron chi connectivity index (χ4n) is 2.65. The van der Waals surface area contributed by atoms with Crippen LogP contribution < -0.4 is 14.8 Å². The molecule has 1 atom stereocenters. The van der Waals surface area contributed by atoms with Crippen LogP contribution in [0.1, 0.15) is 18.0 Å². The van der Waals surface area contributed by atoms with E-state index >= 15 is 0 Å². The van der Waals surface area contributed by atoms with Gasteiger partial charge in [0.25, 0.3) is 0 Å². The predicted molar refractivity (Wildman–Crippen MR) is 82.4 cm³/mol. The minimum Gasteiger partial charge on any atom is -0.497 e. The van der Waals surface area contributed by atoms with Gasteiger partial charge in [-0.05, 0) is 29.3 Å². The molecule has 1 aliphatic heterocycles. The number of hydrogen-bond acceptors (Lipinski definition) is 3. The summed E-state index contributed by atoms with van der Waals surface area (Å²) in [6, 6.07) is 13.4. The van der Waals surface area contributed by atoms with Gasteiger partial charge in [-0.25, -0.2) is 4.79 Å². The van der Waals surface area contributed by atoms with Crippen LogP contribution in [0.4, 0.5) is 4.79 Å². The van der Waals surface area contributed by atoms with Crippen LogP contribution in [0.25, 0.3) is 11.1 Å². The minimum absolute atomic E-state index is 0.217. The van der Waals surface area contributed by atoms with Crippen LogP contribution in [-0.2, 0) is 0 Å². The summed E-state index contributed by atoms with van der Waals surface area (Å²) < 4.78 is 10.8. The fourth-order valence-corrected chi connectivity index (χ4v) is 2.65. The van der Waals surface area contributed by atoms with Crippen LogP contribution in [-0.4, -0.2) is 24.9 Å². The lowest BCUT2D eigenvalue weighted by Crippen LogP contribution is -2.30. The summed E-state index contributed by atoms with van der Waals surface area (Å²) in [5.74, 6) is 1.54. The lowest BCUT2D eigenvalue weighted by Gasteiger charge is -2.26. The molecule has 0 spiro atoms. The number of nitrogens with one attached hydrogen (secondary N) is 1.